The van der Waals surface area contributed by atoms with Crippen molar-refractivity contribution in [1.82, 2.24) is 0 Å². The SMILES string of the molecule is CCCc1ccc(-c2ccc(C(=O)O[C@H](C)CC(CC)CC)cc2)cc1. The molecule has 2 rings (SSSR count). The Morgan fingerprint density at radius 2 is 1.42 bits per heavy atom. The fourth-order valence-corrected chi connectivity index (χ4v) is 3.34. The van der Waals surface area contributed by atoms with Crippen molar-refractivity contribution in [3.05, 3.63) is 59.7 Å². The average molecular weight is 353 g/mol. The summed E-state index contributed by atoms with van der Waals surface area (Å²) >= 11 is 0. The van der Waals surface area contributed by atoms with Gasteiger partial charge in [-0.2, -0.15) is 0 Å². The molecule has 2 aromatic carbocycles. The molecule has 0 unspecified atom stereocenters. The summed E-state index contributed by atoms with van der Waals surface area (Å²) in [4.78, 5) is 12.4. The molecule has 1 atom stereocenters. The number of carbonyl (C=O) groups is 1. The Kier molecular flexibility index (Phi) is 7.90. The molecule has 0 bridgehead atoms. The average Bonchev–Trinajstić information content (AvgIpc) is 2.67. The molecule has 2 nitrogen and oxygen atoms in total. The van der Waals surface area contributed by atoms with Crippen LogP contribution >= 0.6 is 0 Å². The van der Waals surface area contributed by atoms with Crippen LogP contribution in [0.2, 0.25) is 0 Å². The standard InChI is InChI=1S/C24H32O2/c1-5-8-20-9-11-21(12-10-20)22-13-15-23(16-14-22)24(25)26-18(4)17-19(6-2)7-3/h9-16,18-19H,5-8,17H2,1-4H3/t18-/m1/s1. The van der Waals surface area contributed by atoms with Gasteiger partial charge < -0.3 is 4.74 Å². The second kappa shape index (κ2) is 10.2. The predicted molar refractivity (Wildman–Crippen MR) is 109 cm³/mol. The van der Waals surface area contributed by atoms with E-state index in [0.717, 1.165) is 37.7 Å². The highest BCUT2D eigenvalue weighted by Crippen LogP contribution is 2.22. The van der Waals surface area contributed by atoms with E-state index in [2.05, 4.69) is 45.0 Å². The molecule has 0 N–H and O–H groups in total. The van der Waals surface area contributed by atoms with E-state index in [1.807, 2.05) is 31.2 Å². The molecule has 0 spiro atoms. The lowest BCUT2D eigenvalue weighted by atomic mass is 9.97. The van der Waals surface area contributed by atoms with Crippen LogP contribution in [0.4, 0.5) is 0 Å². The zero-order valence-electron chi connectivity index (χ0n) is 16.6. The number of hydrogen-bond donors (Lipinski definition) is 0. The lowest BCUT2D eigenvalue weighted by Gasteiger charge is -2.18. The van der Waals surface area contributed by atoms with Crippen LogP contribution in [0.1, 0.15) is 69.3 Å². The van der Waals surface area contributed by atoms with Crippen LogP contribution in [0, 0.1) is 5.92 Å². The number of hydrogen-bond acceptors (Lipinski definition) is 2. The van der Waals surface area contributed by atoms with E-state index in [0.29, 0.717) is 11.5 Å². The molecule has 0 amide bonds. The minimum absolute atomic E-state index is 0.0433. The first-order chi connectivity index (χ1) is 12.6. The third-order valence-electron chi connectivity index (χ3n) is 5.07. The van der Waals surface area contributed by atoms with E-state index in [1.165, 1.54) is 11.1 Å². The van der Waals surface area contributed by atoms with Crippen molar-refractivity contribution in [2.75, 3.05) is 0 Å². The largest absolute Gasteiger partial charge is 0.459 e. The summed E-state index contributed by atoms with van der Waals surface area (Å²) in [7, 11) is 0. The first-order valence-corrected chi connectivity index (χ1v) is 9.97. The van der Waals surface area contributed by atoms with Gasteiger partial charge in [0.15, 0.2) is 0 Å². The molecular formula is C24H32O2. The number of benzene rings is 2. The second-order valence-electron chi connectivity index (χ2n) is 7.16. The van der Waals surface area contributed by atoms with Crippen LogP contribution in [-0.4, -0.2) is 12.1 Å². The van der Waals surface area contributed by atoms with Gasteiger partial charge >= 0.3 is 5.97 Å². The van der Waals surface area contributed by atoms with Crippen molar-refractivity contribution in [2.45, 2.75) is 65.9 Å². The highest BCUT2D eigenvalue weighted by Gasteiger charge is 2.15. The Labute approximate surface area is 158 Å². The van der Waals surface area contributed by atoms with Crippen molar-refractivity contribution in [2.24, 2.45) is 5.92 Å². The van der Waals surface area contributed by atoms with Crippen LogP contribution in [0.3, 0.4) is 0 Å². The Morgan fingerprint density at radius 1 is 0.885 bits per heavy atom. The van der Waals surface area contributed by atoms with E-state index in [9.17, 15) is 4.79 Å². The third kappa shape index (κ3) is 5.72. The maximum atomic E-state index is 12.4. The topological polar surface area (TPSA) is 26.3 Å². The zero-order chi connectivity index (χ0) is 18.9. The Hall–Kier alpha value is -2.09. The zero-order valence-corrected chi connectivity index (χ0v) is 16.6. The quantitative estimate of drug-likeness (QED) is 0.471. The maximum Gasteiger partial charge on any atom is 0.338 e. The smallest absolute Gasteiger partial charge is 0.338 e. The molecule has 26 heavy (non-hydrogen) atoms. The fraction of sp³-hybridized carbons (Fsp3) is 0.458. The van der Waals surface area contributed by atoms with Crippen molar-refractivity contribution in [1.29, 1.82) is 0 Å². The molecule has 0 fully saturated rings. The van der Waals surface area contributed by atoms with Crippen molar-refractivity contribution >= 4 is 5.97 Å². The van der Waals surface area contributed by atoms with Gasteiger partial charge in [-0.15, -0.1) is 0 Å². The van der Waals surface area contributed by atoms with Gasteiger partial charge in [0.05, 0.1) is 11.7 Å². The monoisotopic (exact) mass is 352 g/mol. The summed E-state index contributed by atoms with van der Waals surface area (Å²) in [5.41, 5.74) is 4.28. The Balaban J connectivity index is 1.98. The number of rotatable bonds is 9. The van der Waals surface area contributed by atoms with E-state index < -0.39 is 0 Å². The molecule has 0 aromatic heterocycles. The molecule has 0 aliphatic heterocycles. The van der Waals surface area contributed by atoms with Crippen LogP contribution in [0.15, 0.2) is 48.5 Å². The van der Waals surface area contributed by atoms with Gasteiger partial charge in [0.1, 0.15) is 0 Å². The van der Waals surface area contributed by atoms with Crippen LogP contribution < -0.4 is 0 Å². The van der Waals surface area contributed by atoms with Crippen molar-refractivity contribution in [3.8, 4) is 11.1 Å². The molecule has 0 saturated carbocycles. The summed E-state index contributed by atoms with van der Waals surface area (Å²) in [6, 6.07) is 16.4. The van der Waals surface area contributed by atoms with E-state index in [1.54, 1.807) is 0 Å². The fourth-order valence-electron chi connectivity index (χ4n) is 3.34. The van der Waals surface area contributed by atoms with Gasteiger partial charge in [-0.05, 0) is 54.5 Å². The number of aryl methyl sites for hydroxylation is 1. The molecule has 0 heterocycles. The molecule has 2 heteroatoms. The number of ether oxygens (including phenoxy) is 1. The highest BCUT2D eigenvalue weighted by atomic mass is 16.5. The van der Waals surface area contributed by atoms with Crippen LogP contribution in [0.5, 0.6) is 0 Å². The molecule has 0 aliphatic rings. The second-order valence-corrected chi connectivity index (χ2v) is 7.16. The van der Waals surface area contributed by atoms with Gasteiger partial charge in [0, 0.05) is 0 Å². The predicted octanol–water partition coefficient (Wildman–Crippen LogP) is 6.68. The van der Waals surface area contributed by atoms with Crippen LogP contribution in [-0.2, 0) is 11.2 Å². The molecule has 140 valence electrons. The van der Waals surface area contributed by atoms with Crippen LogP contribution in [0.25, 0.3) is 11.1 Å². The van der Waals surface area contributed by atoms with Gasteiger partial charge in [-0.25, -0.2) is 4.79 Å². The van der Waals surface area contributed by atoms with Gasteiger partial charge in [0.2, 0.25) is 0 Å². The summed E-state index contributed by atoms with van der Waals surface area (Å²) in [5.74, 6) is 0.393. The normalized spacial score (nSPS) is 12.2. The summed E-state index contributed by atoms with van der Waals surface area (Å²) < 4.78 is 5.62. The van der Waals surface area contributed by atoms with Gasteiger partial charge in [-0.3, -0.25) is 0 Å². The molecular weight excluding hydrogens is 320 g/mol. The first-order valence-electron chi connectivity index (χ1n) is 9.97. The number of carbonyl (C=O) groups excluding carboxylic acids is 1. The lowest BCUT2D eigenvalue weighted by molar-refractivity contribution is 0.0285. The van der Waals surface area contributed by atoms with Crippen molar-refractivity contribution in [3.63, 3.8) is 0 Å². The molecule has 0 saturated heterocycles. The van der Waals surface area contributed by atoms with Gasteiger partial charge in [-0.1, -0.05) is 76.4 Å². The summed E-state index contributed by atoms with van der Waals surface area (Å²) in [6.45, 7) is 8.56. The summed E-state index contributed by atoms with van der Waals surface area (Å²) in [5, 5.41) is 0. The highest BCUT2D eigenvalue weighted by molar-refractivity contribution is 5.90. The Morgan fingerprint density at radius 3 is 1.92 bits per heavy atom. The third-order valence-corrected chi connectivity index (χ3v) is 5.07. The summed E-state index contributed by atoms with van der Waals surface area (Å²) in [6.07, 6.45) is 5.42. The first kappa shape index (κ1) is 20.2. The minimum atomic E-state index is -0.228. The van der Waals surface area contributed by atoms with E-state index in [4.69, 9.17) is 4.74 Å². The number of esters is 1. The molecule has 0 radical (unpaired) electrons. The minimum Gasteiger partial charge on any atom is -0.459 e. The molecule has 2 aromatic rings. The van der Waals surface area contributed by atoms with E-state index in [-0.39, 0.29) is 12.1 Å². The lowest BCUT2D eigenvalue weighted by Crippen LogP contribution is -2.18. The molecule has 0 aliphatic carbocycles. The van der Waals surface area contributed by atoms with E-state index >= 15 is 0 Å². The maximum absolute atomic E-state index is 12.4. The van der Waals surface area contributed by atoms with Crippen molar-refractivity contribution < 1.29 is 9.53 Å². The van der Waals surface area contributed by atoms with Gasteiger partial charge in [0.25, 0.3) is 0 Å². The Bertz CT molecular complexity index is 666.